The van der Waals surface area contributed by atoms with Gasteiger partial charge in [-0.05, 0) is 49.2 Å². The van der Waals surface area contributed by atoms with Crippen molar-refractivity contribution >= 4 is 23.0 Å². The van der Waals surface area contributed by atoms with Gasteiger partial charge in [-0.15, -0.1) is 11.3 Å². The fourth-order valence-corrected chi connectivity index (χ4v) is 4.99. The summed E-state index contributed by atoms with van der Waals surface area (Å²) in [6.07, 6.45) is 3.46. The van der Waals surface area contributed by atoms with Crippen molar-refractivity contribution < 1.29 is 18.7 Å². The van der Waals surface area contributed by atoms with Crippen molar-refractivity contribution in [3.05, 3.63) is 75.6 Å². The van der Waals surface area contributed by atoms with Gasteiger partial charge in [-0.2, -0.15) is 4.39 Å². The predicted molar refractivity (Wildman–Crippen MR) is 139 cm³/mol. The number of ether oxygens (including phenoxy) is 2. The molecule has 7 nitrogen and oxygen atoms in total. The lowest BCUT2D eigenvalue weighted by Crippen LogP contribution is -2.32. The van der Waals surface area contributed by atoms with Gasteiger partial charge in [0.25, 0.3) is 0 Å². The maximum absolute atomic E-state index is 14.0. The number of likely N-dealkylation sites (N-methyl/N-ethyl adjacent to an activating group) is 1. The van der Waals surface area contributed by atoms with Crippen molar-refractivity contribution in [3.63, 3.8) is 0 Å². The molecule has 0 spiro atoms. The summed E-state index contributed by atoms with van der Waals surface area (Å²) in [5, 5.41) is 0. The van der Waals surface area contributed by atoms with Gasteiger partial charge in [0, 0.05) is 48.4 Å². The van der Waals surface area contributed by atoms with E-state index in [9.17, 15) is 9.18 Å². The quantitative estimate of drug-likeness (QED) is 0.342. The number of methoxy groups -OCH3 is 1. The Morgan fingerprint density at radius 3 is 2.89 bits per heavy atom. The minimum absolute atomic E-state index is 0.0743. The first-order valence-electron chi connectivity index (χ1n) is 11.7. The summed E-state index contributed by atoms with van der Waals surface area (Å²) in [5.74, 6) is -0.394. The van der Waals surface area contributed by atoms with Crippen molar-refractivity contribution in [3.8, 4) is 17.0 Å². The second kappa shape index (κ2) is 11.5. The first kappa shape index (κ1) is 25.7. The van der Waals surface area contributed by atoms with Gasteiger partial charge in [0.05, 0.1) is 43.2 Å². The van der Waals surface area contributed by atoms with Gasteiger partial charge in [-0.25, -0.2) is 4.98 Å². The zero-order valence-electron chi connectivity index (χ0n) is 20.8. The maximum Gasteiger partial charge on any atom is 0.246 e. The average Bonchev–Trinajstić information content (AvgIpc) is 3.39. The molecule has 0 saturated heterocycles. The van der Waals surface area contributed by atoms with Crippen LogP contribution in [-0.4, -0.2) is 66.9 Å². The summed E-state index contributed by atoms with van der Waals surface area (Å²) in [6, 6.07) is 8.53. The third-order valence-corrected chi connectivity index (χ3v) is 6.89. The number of hydrogen-bond donors (Lipinski definition) is 0. The number of hydrogen-bond acceptors (Lipinski definition) is 7. The summed E-state index contributed by atoms with van der Waals surface area (Å²) in [4.78, 5) is 28.8. The Hall–Kier alpha value is -3.43. The van der Waals surface area contributed by atoms with Crippen LogP contribution in [0.3, 0.4) is 0 Å². The number of carbonyl (C=O) groups excluding carboxylic acids is 1. The predicted octanol–water partition coefficient (Wildman–Crippen LogP) is 4.67. The lowest BCUT2D eigenvalue weighted by atomic mass is 9.85. The Morgan fingerprint density at radius 2 is 2.19 bits per heavy atom. The van der Waals surface area contributed by atoms with Gasteiger partial charge >= 0.3 is 0 Å². The number of aromatic nitrogens is 2. The first-order valence-corrected chi connectivity index (χ1v) is 12.6. The highest BCUT2D eigenvalue weighted by molar-refractivity contribution is 7.09. The normalized spacial score (nSPS) is 15.8. The highest BCUT2D eigenvalue weighted by Crippen LogP contribution is 2.37. The number of nitrogens with zero attached hydrogens (tertiary/aromatic N) is 4. The van der Waals surface area contributed by atoms with E-state index in [1.165, 1.54) is 17.4 Å². The van der Waals surface area contributed by atoms with Crippen LogP contribution in [0.25, 0.3) is 11.3 Å². The number of aryl methyl sites for hydroxylation is 1. The Labute approximate surface area is 214 Å². The Kier molecular flexibility index (Phi) is 8.22. The van der Waals surface area contributed by atoms with E-state index in [0.29, 0.717) is 43.3 Å². The van der Waals surface area contributed by atoms with Crippen molar-refractivity contribution in [2.45, 2.75) is 19.8 Å². The van der Waals surface area contributed by atoms with E-state index in [1.54, 1.807) is 42.8 Å². The molecule has 1 aromatic carbocycles. The SMILES string of the molecule is CCN=C(c1cc(-c2cccc(F)n2)c(OC)cc1C)C(C1=CC(=O)N(C)CCOC1)c1cncs1. The van der Waals surface area contributed by atoms with Crippen LogP contribution in [0.15, 0.2) is 58.7 Å². The molecular weight excluding hydrogens is 479 g/mol. The van der Waals surface area contributed by atoms with Crippen LogP contribution in [0.4, 0.5) is 4.39 Å². The van der Waals surface area contributed by atoms with Gasteiger partial charge in [0.2, 0.25) is 11.9 Å². The van der Waals surface area contributed by atoms with Gasteiger partial charge < -0.3 is 14.4 Å². The minimum atomic E-state index is -0.568. The second-order valence-electron chi connectivity index (χ2n) is 8.44. The molecule has 0 saturated carbocycles. The van der Waals surface area contributed by atoms with Crippen LogP contribution in [-0.2, 0) is 9.53 Å². The van der Waals surface area contributed by atoms with Gasteiger partial charge in [0.15, 0.2) is 0 Å². The van der Waals surface area contributed by atoms with E-state index in [-0.39, 0.29) is 11.8 Å². The van der Waals surface area contributed by atoms with Crippen molar-refractivity contribution in [2.24, 2.45) is 4.99 Å². The van der Waals surface area contributed by atoms with Gasteiger partial charge in [-0.1, -0.05) is 6.07 Å². The molecule has 1 atom stereocenters. The molecule has 1 unspecified atom stereocenters. The molecule has 0 radical (unpaired) electrons. The highest BCUT2D eigenvalue weighted by atomic mass is 32.1. The van der Waals surface area contributed by atoms with Gasteiger partial charge in [-0.3, -0.25) is 14.8 Å². The summed E-state index contributed by atoms with van der Waals surface area (Å²) < 4.78 is 25.6. The fraction of sp³-hybridized carbons (Fsp3) is 0.333. The number of aliphatic imine (C=N–C) groups is 1. The number of rotatable bonds is 7. The number of benzene rings is 1. The molecule has 188 valence electrons. The third kappa shape index (κ3) is 5.52. The Balaban J connectivity index is 1.92. The molecule has 0 aliphatic carbocycles. The maximum atomic E-state index is 14.0. The molecule has 0 bridgehead atoms. The van der Waals surface area contributed by atoms with E-state index < -0.39 is 5.95 Å². The largest absolute Gasteiger partial charge is 0.496 e. The molecule has 36 heavy (non-hydrogen) atoms. The van der Waals surface area contributed by atoms with E-state index in [2.05, 4.69) is 9.97 Å². The molecule has 1 aliphatic rings. The van der Waals surface area contributed by atoms with E-state index in [0.717, 1.165) is 27.3 Å². The van der Waals surface area contributed by atoms with Crippen molar-refractivity contribution in [1.29, 1.82) is 0 Å². The Bertz CT molecular complexity index is 1290. The number of carbonyl (C=O) groups is 1. The highest BCUT2D eigenvalue weighted by Gasteiger charge is 2.29. The molecule has 4 rings (SSSR count). The zero-order valence-corrected chi connectivity index (χ0v) is 21.6. The lowest BCUT2D eigenvalue weighted by molar-refractivity contribution is -0.125. The van der Waals surface area contributed by atoms with Gasteiger partial charge in [0.1, 0.15) is 5.75 Å². The molecule has 3 aromatic rings. The Morgan fingerprint density at radius 1 is 1.36 bits per heavy atom. The molecule has 1 aliphatic heterocycles. The average molecular weight is 509 g/mol. The third-order valence-electron chi connectivity index (χ3n) is 6.05. The van der Waals surface area contributed by atoms with Crippen LogP contribution < -0.4 is 4.74 Å². The first-order chi connectivity index (χ1) is 17.4. The van der Waals surface area contributed by atoms with E-state index in [1.807, 2.05) is 32.2 Å². The standard InChI is InChI=1S/C27H29FN4O3S/c1-5-30-27(19-13-20(22(34-4)11-17(19)2)21-7-6-8-24(28)31-21)26(23-14-29-16-36-23)18-12-25(33)32(3)9-10-35-15-18/h6-8,11-14,16,26H,5,9-10,15H2,1-4H3. The topological polar surface area (TPSA) is 76.9 Å². The summed E-state index contributed by atoms with van der Waals surface area (Å²) in [7, 11) is 3.34. The van der Waals surface area contributed by atoms with Crippen LogP contribution in [0.1, 0.15) is 28.8 Å². The smallest absolute Gasteiger partial charge is 0.246 e. The van der Waals surface area contributed by atoms with Crippen LogP contribution in [0.5, 0.6) is 5.75 Å². The molecule has 3 heterocycles. The van der Waals surface area contributed by atoms with Crippen LogP contribution >= 0.6 is 11.3 Å². The number of halogens is 1. The number of pyridine rings is 1. The zero-order chi connectivity index (χ0) is 25.7. The van der Waals surface area contributed by atoms with Crippen molar-refractivity contribution in [2.75, 3.05) is 40.5 Å². The molecular formula is C27H29FN4O3S. The van der Waals surface area contributed by atoms with Crippen LogP contribution in [0.2, 0.25) is 0 Å². The van der Waals surface area contributed by atoms with E-state index in [4.69, 9.17) is 14.5 Å². The van der Waals surface area contributed by atoms with Crippen molar-refractivity contribution in [1.82, 2.24) is 14.9 Å². The summed E-state index contributed by atoms with van der Waals surface area (Å²) >= 11 is 1.50. The molecule has 9 heteroatoms. The second-order valence-corrected chi connectivity index (χ2v) is 9.36. The number of thiazole rings is 1. The van der Waals surface area contributed by atoms with E-state index >= 15 is 0 Å². The molecule has 2 aromatic heterocycles. The molecule has 1 amide bonds. The molecule has 0 fully saturated rings. The monoisotopic (exact) mass is 508 g/mol. The minimum Gasteiger partial charge on any atom is -0.496 e. The lowest BCUT2D eigenvalue weighted by Gasteiger charge is -2.26. The number of amides is 1. The van der Waals surface area contributed by atoms with Crippen LogP contribution in [0, 0.1) is 12.9 Å². The summed E-state index contributed by atoms with van der Waals surface area (Å²) in [6.45, 7) is 5.78. The molecule has 0 N–H and O–H groups in total. The fourth-order valence-electron chi connectivity index (χ4n) is 4.23. The summed E-state index contributed by atoms with van der Waals surface area (Å²) in [5.41, 5.74) is 6.28.